The van der Waals surface area contributed by atoms with Crippen LogP contribution in [0.2, 0.25) is 0 Å². The lowest BCUT2D eigenvalue weighted by molar-refractivity contribution is -0.274. The molecule has 0 atom stereocenters. The van der Waals surface area contributed by atoms with Crippen molar-refractivity contribution in [3.05, 3.63) is 42.5 Å². The molecule has 0 aliphatic carbocycles. The lowest BCUT2D eigenvalue weighted by Gasteiger charge is -2.24. The Morgan fingerprint density at radius 3 is 2.07 bits per heavy atom. The highest BCUT2D eigenvalue weighted by Gasteiger charge is 2.31. The van der Waals surface area contributed by atoms with Crippen LogP contribution in [0.25, 0.3) is 11.1 Å². The molecule has 2 rings (SSSR count). The van der Waals surface area contributed by atoms with E-state index in [0.717, 1.165) is 7.11 Å². The summed E-state index contributed by atoms with van der Waals surface area (Å²) in [4.78, 5) is 23.1. The molecular weight excluding hydrogens is 391 g/mol. The number of esters is 1. The van der Waals surface area contributed by atoms with Crippen molar-refractivity contribution in [3.8, 4) is 22.6 Å². The maximum absolute atomic E-state index is 12.4. The largest absolute Gasteiger partial charge is 0.573 e. The number of hydrogen-bond donors (Lipinski definition) is 1. The van der Waals surface area contributed by atoms with Gasteiger partial charge in [-0.15, -0.1) is 13.2 Å². The third-order valence-electron chi connectivity index (χ3n) is 3.42. The average molecular weight is 411 g/mol. The predicted molar refractivity (Wildman–Crippen MR) is 99.6 cm³/mol. The smallest absolute Gasteiger partial charge is 0.488 e. The maximum Gasteiger partial charge on any atom is 0.573 e. The van der Waals surface area contributed by atoms with Gasteiger partial charge in [-0.05, 0) is 56.7 Å². The van der Waals surface area contributed by atoms with Crippen molar-refractivity contribution < 1.29 is 37.0 Å². The number of benzene rings is 2. The fraction of sp³-hybridized carbons (Fsp3) is 0.300. The molecular formula is C20H20F3NO5. The highest BCUT2D eigenvalue weighted by molar-refractivity contribution is 6.37. The number of halogens is 3. The average Bonchev–Trinajstić information content (AvgIpc) is 2.60. The number of carbonyl (C=O) groups excluding carboxylic acids is 2. The number of nitrogens with one attached hydrogen (secondary N) is 1. The van der Waals surface area contributed by atoms with Crippen LogP contribution in [0.5, 0.6) is 11.5 Å². The van der Waals surface area contributed by atoms with Gasteiger partial charge in [0.2, 0.25) is 0 Å². The highest BCUT2D eigenvalue weighted by atomic mass is 19.4. The van der Waals surface area contributed by atoms with Gasteiger partial charge < -0.3 is 19.5 Å². The van der Waals surface area contributed by atoms with E-state index in [0.29, 0.717) is 16.9 Å². The van der Waals surface area contributed by atoms with Gasteiger partial charge in [-0.2, -0.15) is 0 Å². The molecule has 2 aromatic carbocycles. The molecule has 1 amide bonds. The van der Waals surface area contributed by atoms with E-state index in [2.05, 4.69) is 14.8 Å². The molecule has 0 aliphatic heterocycles. The minimum atomic E-state index is -4.79. The summed E-state index contributed by atoms with van der Waals surface area (Å²) in [6.45, 7) is 5.51. The lowest BCUT2D eigenvalue weighted by Crippen LogP contribution is -2.24. The summed E-state index contributed by atoms with van der Waals surface area (Å²) < 4.78 is 51.2. The Labute approximate surface area is 165 Å². The molecule has 0 heterocycles. The first kappa shape index (κ1) is 22.1. The van der Waals surface area contributed by atoms with E-state index < -0.39 is 23.8 Å². The van der Waals surface area contributed by atoms with Gasteiger partial charge in [0.05, 0.1) is 7.11 Å². The molecule has 0 fully saturated rings. The Bertz CT molecular complexity index is 886. The van der Waals surface area contributed by atoms with Gasteiger partial charge in [-0.25, -0.2) is 4.79 Å². The SMILES string of the molecule is COC(=O)C(=O)Nc1ccc(OC(C)(C)C)c(-c2ccc(OC(F)(F)F)cc2)c1. The minimum Gasteiger partial charge on any atom is -0.488 e. The van der Waals surface area contributed by atoms with Crippen LogP contribution in [0.1, 0.15) is 20.8 Å². The zero-order valence-electron chi connectivity index (χ0n) is 16.2. The van der Waals surface area contributed by atoms with Crippen molar-refractivity contribution in [2.24, 2.45) is 0 Å². The molecule has 6 nitrogen and oxygen atoms in total. The molecule has 0 aromatic heterocycles. The highest BCUT2D eigenvalue weighted by Crippen LogP contribution is 2.36. The molecule has 0 saturated heterocycles. The summed E-state index contributed by atoms with van der Waals surface area (Å²) in [6.07, 6.45) is -4.79. The van der Waals surface area contributed by atoms with E-state index in [-0.39, 0.29) is 11.4 Å². The normalized spacial score (nSPS) is 11.6. The lowest BCUT2D eigenvalue weighted by atomic mass is 10.0. The fourth-order valence-electron chi connectivity index (χ4n) is 2.36. The minimum absolute atomic E-state index is 0.285. The number of ether oxygens (including phenoxy) is 3. The Morgan fingerprint density at radius 1 is 0.931 bits per heavy atom. The second-order valence-corrected chi connectivity index (χ2v) is 6.94. The molecule has 0 unspecified atom stereocenters. The monoisotopic (exact) mass is 411 g/mol. The van der Waals surface area contributed by atoms with Crippen LogP contribution >= 0.6 is 0 Å². The van der Waals surface area contributed by atoms with Crippen LogP contribution in [0.15, 0.2) is 42.5 Å². The van der Waals surface area contributed by atoms with E-state index in [9.17, 15) is 22.8 Å². The second-order valence-electron chi connectivity index (χ2n) is 6.94. The summed E-state index contributed by atoms with van der Waals surface area (Å²) in [5, 5.41) is 2.39. The van der Waals surface area contributed by atoms with E-state index in [4.69, 9.17) is 4.74 Å². The molecule has 2 aromatic rings. The topological polar surface area (TPSA) is 73.9 Å². The van der Waals surface area contributed by atoms with Gasteiger partial charge in [0.1, 0.15) is 17.1 Å². The quantitative estimate of drug-likeness (QED) is 0.591. The molecule has 0 bridgehead atoms. The van der Waals surface area contributed by atoms with Crippen LogP contribution in [0.3, 0.4) is 0 Å². The number of carbonyl (C=O) groups is 2. The van der Waals surface area contributed by atoms with Crippen LogP contribution in [0.4, 0.5) is 18.9 Å². The van der Waals surface area contributed by atoms with Gasteiger partial charge in [0, 0.05) is 11.3 Å². The summed E-state index contributed by atoms with van der Waals surface area (Å²) in [5.74, 6) is -1.94. The number of hydrogen-bond acceptors (Lipinski definition) is 5. The van der Waals surface area contributed by atoms with Gasteiger partial charge in [-0.3, -0.25) is 4.79 Å². The van der Waals surface area contributed by atoms with Crippen LogP contribution < -0.4 is 14.8 Å². The first-order valence-electron chi connectivity index (χ1n) is 8.46. The van der Waals surface area contributed by atoms with Gasteiger partial charge in [0.15, 0.2) is 0 Å². The zero-order valence-corrected chi connectivity index (χ0v) is 16.2. The zero-order chi connectivity index (χ0) is 21.8. The second kappa shape index (κ2) is 8.42. The van der Waals surface area contributed by atoms with E-state index >= 15 is 0 Å². The first-order valence-corrected chi connectivity index (χ1v) is 8.46. The number of alkyl halides is 3. The van der Waals surface area contributed by atoms with Gasteiger partial charge >= 0.3 is 18.2 Å². The molecule has 1 N–H and O–H groups in total. The van der Waals surface area contributed by atoms with Crippen LogP contribution in [0, 0.1) is 0 Å². The number of anilines is 1. The summed E-state index contributed by atoms with van der Waals surface area (Å²) >= 11 is 0. The van der Waals surface area contributed by atoms with Crippen molar-refractivity contribution in [3.63, 3.8) is 0 Å². The predicted octanol–water partition coefficient (Wildman–Crippen LogP) is 4.54. The van der Waals surface area contributed by atoms with E-state index in [1.807, 2.05) is 20.8 Å². The van der Waals surface area contributed by atoms with Crippen molar-refractivity contribution in [2.75, 3.05) is 12.4 Å². The molecule has 9 heteroatoms. The summed E-state index contributed by atoms with van der Waals surface area (Å²) in [7, 11) is 1.08. The van der Waals surface area contributed by atoms with Crippen LogP contribution in [-0.4, -0.2) is 30.9 Å². The fourth-order valence-corrected chi connectivity index (χ4v) is 2.36. The molecule has 0 spiro atoms. The van der Waals surface area contributed by atoms with Crippen molar-refractivity contribution in [2.45, 2.75) is 32.7 Å². The number of amides is 1. The number of methoxy groups -OCH3 is 1. The van der Waals surface area contributed by atoms with Crippen LogP contribution in [-0.2, 0) is 14.3 Å². The molecule has 0 radical (unpaired) electrons. The molecule has 0 saturated carbocycles. The Morgan fingerprint density at radius 2 is 1.55 bits per heavy atom. The maximum atomic E-state index is 12.4. The van der Waals surface area contributed by atoms with Crippen molar-refractivity contribution >= 4 is 17.6 Å². The Kier molecular flexibility index (Phi) is 6.41. The Hall–Kier alpha value is -3.23. The third kappa shape index (κ3) is 6.70. The van der Waals surface area contributed by atoms with Gasteiger partial charge in [0.25, 0.3) is 0 Å². The van der Waals surface area contributed by atoms with E-state index in [1.165, 1.54) is 30.3 Å². The van der Waals surface area contributed by atoms with E-state index in [1.54, 1.807) is 12.1 Å². The third-order valence-corrected chi connectivity index (χ3v) is 3.42. The molecule has 0 aliphatic rings. The van der Waals surface area contributed by atoms with Crippen molar-refractivity contribution in [1.82, 2.24) is 0 Å². The summed E-state index contributed by atoms with van der Waals surface area (Å²) in [6, 6.07) is 9.87. The number of rotatable bonds is 4. The Balaban J connectivity index is 2.41. The molecule has 156 valence electrons. The standard InChI is InChI=1S/C20H20F3NO5/c1-19(2,3)29-16-10-7-13(24-17(25)18(26)27-4)11-15(16)12-5-8-14(9-6-12)28-20(21,22)23/h5-11H,1-4H3,(H,24,25). The first-order chi connectivity index (χ1) is 13.4. The summed E-state index contributed by atoms with van der Waals surface area (Å²) in [5.41, 5.74) is 0.756. The van der Waals surface area contributed by atoms with Gasteiger partial charge in [-0.1, -0.05) is 12.1 Å². The molecule has 29 heavy (non-hydrogen) atoms. The van der Waals surface area contributed by atoms with Crippen molar-refractivity contribution in [1.29, 1.82) is 0 Å².